The van der Waals surface area contributed by atoms with Gasteiger partial charge in [-0.25, -0.2) is 29.3 Å². The summed E-state index contributed by atoms with van der Waals surface area (Å²) in [6, 6.07) is -0.407. The van der Waals surface area contributed by atoms with E-state index in [0.717, 1.165) is 24.2 Å². The number of halogens is 1. The molecule has 166 valence electrons. The van der Waals surface area contributed by atoms with Gasteiger partial charge in [-0.05, 0) is 38.7 Å². The molecule has 1 saturated heterocycles. The predicted octanol–water partition coefficient (Wildman–Crippen LogP) is 2.29. The average molecular weight is 436 g/mol. The third-order valence-electron chi connectivity index (χ3n) is 6.02. The Hall–Kier alpha value is -3.43. The Labute approximate surface area is 185 Å². The highest BCUT2D eigenvalue weighted by molar-refractivity contribution is 5.94. The summed E-state index contributed by atoms with van der Waals surface area (Å²) in [4.78, 5) is 38.4. The molecule has 1 amide bonds. The lowest BCUT2D eigenvalue weighted by Gasteiger charge is -2.41. The van der Waals surface area contributed by atoms with E-state index in [1.165, 1.54) is 12.4 Å². The summed E-state index contributed by atoms with van der Waals surface area (Å²) in [5, 5.41) is 0. The number of alkyl halides is 1. The second-order valence-electron chi connectivity index (χ2n) is 8.44. The van der Waals surface area contributed by atoms with Crippen molar-refractivity contribution < 1.29 is 9.18 Å². The number of nitrogens with zero attached hydrogens (tertiary/aromatic N) is 8. The van der Waals surface area contributed by atoms with E-state index in [-0.39, 0.29) is 18.5 Å². The molecule has 9 nitrogen and oxygen atoms in total. The number of amides is 1. The second-order valence-corrected chi connectivity index (χ2v) is 8.44. The number of rotatable bonds is 5. The van der Waals surface area contributed by atoms with Gasteiger partial charge in [0.25, 0.3) is 5.91 Å². The molecule has 0 aromatic carbocycles. The summed E-state index contributed by atoms with van der Waals surface area (Å²) in [5.41, 5.74) is 1.33. The van der Waals surface area contributed by atoms with E-state index >= 15 is 4.39 Å². The maximum Gasteiger partial charge on any atom is 0.257 e. The molecule has 2 unspecified atom stereocenters. The number of aryl methyl sites for hydroxylation is 2. The van der Waals surface area contributed by atoms with Gasteiger partial charge in [0.15, 0.2) is 0 Å². The van der Waals surface area contributed by atoms with Crippen molar-refractivity contribution in [1.29, 1.82) is 0 Å². The molecule has 0 bridgehead atoms. The Bertz CT molecular complexity index is 1100. The lowest BCUT2D eigenvalue weighted by atomic mass is 10.00. The monoisotopic (exact) mass is 436 g/mol. The summed E-state index contributed by atoms with van der Waals surface area (Å²) < 4.78 is 17.1. The molecule has 5 rings (SSSR count). The first-order valence-corrected chi connectivity index (χ1v) is 10.8. The van der Waals surface area contributed by atoms with Crippen molar-refractivity contribution in [3.8, 4) is 5.95 Å². The summed E-state index contributed by atoms with van der Waals surface area (Å²) in [7, 11) is 0. The quantitative estimate of drug-likeness (QED) is 0.606. The number of hydrogen-bond donors (Lipinski definition) is 0. The molecule has 0 N–H and O–H groups in total. The van der Waals surface area contributed by atoms with Crippen LogP contribution in [0.5, 0.6) is 0 Å². The topological polar surface area (TPSA) is 92.9 Å². The lowest BCUT2D eigenvalue weighted by Crippen LogP contribution is -2.55. The summed E-state index contributed by atoms with van der Waals surface area (Å²) in [6.45, 7) is 4.53. The molecule has 1 aliphatic carbocycles. The number of hydrogen-bond acceptors (Lipinski definition) is 7. The van der Waals surface area contributed by atoms with Crippen LogP contribution < -0.4 is 4.90 Å². The van der Waals surface area contributed by atoms with Crippen molar-refractivity contribution in [3.63, 3.8) is 0 Å². The van der Waals surface area contributed by atoms with Gasteiger partial charge in [-0.15, -0.1) is 0 Å². The fourth-order valence-electron chi connectivity index (χ4n) is 4.17. The van der Waals surface area contributed by atoms with Crippen LogP contribution in [0, 0.1) is 13.8 Å². The zero-order chi connectivity index (χ0) is 22.2. The molecule has 2 aliphatic rings. The summed E-state index contributed by atoms with van der Waals surface area (Å²) >= 11 is 0. The smallest absolute Gasteiger partial charge is 0.257 e. The molecular formula is C22H25FN8O. The van der Waals surface area contributed by atoms with E-state index < -0.39 is 12.2 Å². The van der Waals surface area contributed by atoms with Crippen LogP contribution in [0.25, 0.3) is 5.95 Å². The van der Waals surface area contributed by atoms with E-state index in [1.807, 2.05) is 18.7 Å². The number of anilines is 1. The SMILES string of the molecule is Cc1cnc(N2CCC(N(C(=O)c3cnc(-n4ccnc4C)nc3)C3CC3)C(F)C2)nc1. The minimum atomic E-state index is -1.19. The van der Waals surface area contributed by atoms with Gasteiger partial charge in [0.1, 0.15) is 12.0 Å². The van der Waals surface area contributed by atoms with Crippen LogP contribution >= 0.6 is 0 Å². The van der Waals surface area contributed by atoms with Crippen LogP contribution in [0.4, 0.5) is 10.3 Å². The Morgan fingerprint density at radius 2 is 1.69 bits per heavy atom. The van der Waals surface area contributed by atoms with Crippen LogP contribution in [0.1, 0.15) is 41.0 Å². The van der Waals surface area contributed by atoms with Crippen molar-refractivity contribution in [2.75, 3.05) is 18.0 Å². The number of carbonyl (C=O) groups is 1. The van der Waals surface area contributed by atoms with Gasteiger partial charge in [0, 0.05) is 49.8 Å². The first-order valence-electron chi connectivity index (χ1n) is 10.8. The van der Waals surface area contributed by atoms with Gasteiger partial charge in [0.2, 0.25) is 11.9 Å². The Kier molecular flexibility index (Phi) is 5.28. The molecule has 10 heteroatoms. The van der Waals surface area contributed by atoms with Gasteiger partial charge in [-0.2, -0.15) is 0 Å². The molecule has 1 saturated carbocycles. The average Bonchev–Trinajstić information content (AvgIpc) is 3.55. The van der Waals surface area contributed by atoms with Crippen LogP contribution in [-0.4, -0.2) is 71.6 Å². The highest BCUT2D eigenvalue weighted by atomic mass is 19.1. The van der Waals surface area contributed by atoms with Crippen molar-refractivity contribution in [2.45, 2.75) is 51.4 Å². The van der Waals surface area contributed by atoms with Crippen LogP contribution in [0.3, 0.4) is 0 Å². The molecule has 4 heterocycles. The highest BCUT2D eigenvalue weighted by Crippen LogP contribution is 2.34. The number of aromatic nitrogens is 6. The zero-order valence-electron chi connectivity index (χ0n) is 18.1. The third kappa shape index (κ3) is 3.92. The van der Waals surface area contributed by atoms with E-state index in [9.17, 15) is 4.79 Å². The maximum atomic E-state index is 15.3. The zero-order valence-corrected chi connectivity index (χ0v) is 18.1. The predicted molar refractivity (Wildman–Crippen MR) is 115 cm³/mol. The summed E-state index contributed by atoms with van der Waals surface area (Å²) in [6.07, 6.45) is 11.1. The molecular weight excluding hydrogens is 411 g/mol. The molecule has 1 aliphatic heterocycles. The van der Waals surface area contributed by atoms with Crippen molar-refractivity contribution in [1.82, 2.24) is 34.4 Å². The van der Waals surface area contributed by atoms with Crippen LogP contribution in [0.15, 0.2) is 37.2 Å². The lowest BCUT2D eigenvalue weighted by molar-refractivity contribution is 0.0485. The van der Waals surface area contributed by atoms with Gasteiger partial charge in [-0.3, -0.25) is 9.36 Å². The van der Waals surface area contributed by atoms with Gasteiger partial charge in [0.05, 0.1) is 18.2 Å². The van der Waals surface area contributed by atoms with Gasteiger partial charge >= 0.3 is 0 Å². The molecule has 32 heavy (non-hydrogen) atoms. The Morgan fingerprint density at radius 3 is 2.28 bits per heavy atom. The molecule has 2 fully saturated rings. The summed E-state index contributed by atoms with van der Waals surface area (Å²) in [5.74, 6) is 1.52. The van der Waals surface area contributed by atoms with E-state index in [1.54, 1.807) is 34.3 Å². The Balaban J connectivity index is 1.32. The molecule has 3 aromatic heterocycles. The first-order chi connectivity index (χ1) is 15.5. The van der Waals surface area contributed by atoms with Crippen molar-refractivity contribution in [2.24, 2.45) is 0 Å². The largest absolute Gasteiger partial charge is 0.338 e. The third-order valence-corrected chi connectivity index (χ3v) is 6.02. The minimum absolute atomic E-state index is 0.0727. The van der Waals surface area contributed by atoms with Crippen LogP contribution in [-0.2, 0) is 0 Å². The number of imidazole rings is 1. The van der Waals surface area contributed by atoms with Gasteiger partial charge in [-0.1, -0.05) is 0 Å². The second kappa shape index (κ2) is 8.25. The standard InChI is InChI=1S/C22H25FN8O/c1-14-9-25-21(26-10-14)29-7-5-19(18(23)13-29)31(17-3-4-17)20(32)16-11-27-22(28-12-16)30-8-6-24-15(30)2/h6,8-12,17-19H,3-5,7,13H2,1-2H3. The molecule has 0 spiro atoms. The van der Waals surface area contributed by atoms with Crippen molar-refractivity contribution >= 4 is 11.9 Å². The highest BCUT2D eigenvalue weighted by Gasteiger charge is 2.43. The minimum Gasteiger partial charge on any atom is -0.338 e. The van der Waals surface area contributed by atoms with E-state index in [4.69, 9.17) is 0 Å². The van der Waals surface area contributed by atoms with Gasteiger partial charge < -0.3 is 9.80 Å². The van der Waals surface area contributed by atoms with E-state index in [2.05, 4.69) is 24.9 Å². The molecule has 2 atom stereocenters. The van der Waals surface area contributed by atoms with Crippen molar-refractivity contribution in [3.05, 3.63) is 54.1 Å². The molecule has 0 radical (unpaired) electrons. The molecule has 3 aromatic rings. The van der Waals surface area contributed by atoms with Crippen LogP contribution in [0.2, 0.25) is 0 Å². The Morgan fingerprint density at radius 1 is 1.00 bits per heavy atom. The fourth-order valence-corrected chi connectivity index (χ4v) is 4.17. The fraction of sp³-hybridized carbons (Fsp3) is 0.455. The van der Waals surface area contributed by atoms with E-state index in [0.29, 0.717) is 30.4 Å². The first kappa shape index (κ1) is 20.5. The maximum absolute atomic E-state index is 15.3. The number of carbonyl (C=O) groups excluding carboxylic acids is 1. The number of piperidine rings is 1. The normalized spacial score (nSPS) is 20.9.